The molecule has 4 aromatic carbocycles. The Morgan fingerprint density at radius 3 is 2.17 bits per heavy atom. The molecule has 0 saturated heterocycles. The van der Waals surface area contributed by atoms with E-state index in [1.54, 1.807) is 12.2 Å². The summed E-state index contributed by atoms with van der Waals surface area (Å²) in [5, 5.41) is 25.7. The Hall–Kier alpha value is -5.58. The first kappa shape index (κ1) is 23.5. The van der Waals surface area contributed by atoms with E-state index in [-0.39, 0.29) is 6.04 Å². The molecule has 1 unspecified atom stereocenters. The molecule has 0 aliphatic heterocycles. The lowest BCUT2D eigenvalue weighted by Crippen LogP contribution is -2.14. The van der Waals surface area contributed by atoms with Gasteiger partial charge in [0.05, 0.1) is 28.9 Å². The van der Waals surface area contributed by atoms with Gasteiger partial charge in [-0.3, -0.25) is 0 Å². The molecule has 0 saturated carbocycles. The van der Waals surface area contributed by atoms with Crippen LogP contribution in [0.25, 0.3) is 55.3 Å². The van der Waals surface area contributed by atoms with E-state index in [1.807, 2.05) is 0 Å². The quantitative estimate of drug-likeness (QED) is 0.175. The molecule has 1 aliphatic rings. The highest BCUT2D eigenvalue weighted by Gasteiger charge is 2.27. The van der Waals surface area contributed by atoms with Crippen molar-refractivity contribution in [1.29, 1.82) is 10.5 Å². The van der Waals surface area contributed by atoms with Gasteiger partial charge in [-0.1, -0.05) is 85.5 Å². The first-order valence-electron chi connectivity index (χ1n) is 13.3. The standard InChI is InChI=1S/C36H24N4/c1-2-9-25(23-38)31(20-21-37)40-34-19-17-26(22-30(34)36-27-11-4-3-10-24(27)16-18-35(36)40)39-32-14-7-5-12-28(32)29-13-6-8-15-33(29)39/h2-20,26H,1,22H2/b25-9-,31-20-. The number of nitrogens with zero attached hydrogens (tertiary/aromatic N) is 4. The Labute approximate surface area is 231 Å². The molecule has 1 aliphatic carbocycles. The monoisotopic (exact) mass is 512 g/mol. The number of rotatable bonds is 4. The average molecular weight is 513 g/mol. The number of nitriles is 2. The van der Waals surface area contributed by atoms with E-state index >= 15 is 0 Å². The zero-order valence-corrected chi connectivity index (χ0v) is 21.8. The van der Waals surface area contributed by atoms with Gasteiger partial charge in [-0.05, 0) is 53.1 Å². The van der Waals surface area contributed by atoms with Gasteiger partial charge in [-0.25, -0.2) is 0 Å². The van der Waals surface area contributed by atoms with Gasteiger partial charge in [0.2, 0.25) is 0 Å². The van der Waals surface area contributed by atoms with Gasteiger partial charge < -0.3 is 9.13 Å². The third kappa shape index (κ3) is 3.37. The lowest BCUT2D eigenvalue weighted by molar-refractivity contribution is 0.636. The van der Waals surface area contributed by atoms with Gasteiger partial charge in [0.25, 0.3) is 0 Å². The highest BCUT2D eigenvalue weighted by molar-refractivity contribution is 6.12. The normalized spacial score (nSPS) is 15.4. The van der Waals surface area contributed by atoms with Crippen LogP contribution in [0.4, 0.5) is 0 Å². The van der Waals surface area contributed by atoms with E-state index in [0.717, 1.165) is 33.8 Å². The lowest BCUT2D eigenvalue weighted by atomic mass is 9.94. The van der Waals surface area contributed by atoms with Crippen molar-refractivity contribution in [2.75, 3.05) is 0 Å². The van der Waals surface area contributed by atoms with E-state index in [4.69, 9.17) is 0 Å². The van der Waals surface area contributed by atoms with Crippen LogP contribution in [0.15, 0.2) is 121 Å². The molecule has 4 nitrogen and oxygen atoms in total. The molecular formula is C36H24N4. The number of para-hydroxylation sites is 2. The van der Waals surface area contributed by atoms with Crippen LogP contribution in [0.1, 0.15) is 17.3 Å². The highest BCUT2D eigenvalue weighted by Crippen LogP contribution is 2.43. The van der Waals surface area contributed by atoms with Crippen molar-refractivity contribution in [1.82, 2.24) is 9.13 Å². The van der Waals surface area contributed by atoms with E-state index < -0.39 is 0 Å². The third-order valence-electron chi connectivity index (χ3n) is 7.96. The predicted octanol–water partition coefficient (Wildman–Crippen LogP) is 8.71. The van der Waals surface area contributed by atoms with Crippen LogP contribution in [0.3, 0.4) is 0 Å². The van der Waals surface area contributed by atoms with Gasteiger partial charge in [0.15, 0.2) is 0 Å². The minimum absolute atomic E-state index is 0.0952. The predicted molar refractivity (Wildman–Crippen MR) is 164 cm³/mol. The first-order chi connectivity index (χ1) is 19.7. The summed E-state index contributed by atoms with van der Waals surface area (Å²) in [4.78, 5) is 0. The maximum atomic E-state index is 10.0. The summed E-state index contributed by atoms with van der Waals surface area (Å²) in [6.45, 7) is 3.79. The topological polar surface area (TPSA) is 57.4 Å². The van der Waals surface area contributed by atoms with Crippen molar-refractivity contribution in [3.63, 3.8) is 0 Å². The smallest absolute Gasteiger partial charge is 0.101 e. The Morgan fingerprint density at radius 2 is 1.50 bits per heavy atom. The van der Waals surface area contributed by atoms with Crippen LogP contribution in [0.2, 0.25) is 0 Å². The van der Waals surface area contributed by atoms with Crippen LogP contribution in [-0.2, 0) is 6.42 Å². The van der Waals surface area contributed by atoms with E-state index in [1.165, 1.54) is 33.4 Å². The van der Waals surface area contributed by atoms with Crippen LogP contribution < -0.4 is 0 Å². The summed E-state index contributed by atoms with van der Waals surface area (Å²) in [7, 11) is 0. The molecule has 0 N–H and O–H groups in total. The molecule has 0 radical (unpaired) electrons. The lowest BCUT2D eigenvalue weighted by Gasteiger charge is -2.23. The van der Waals surface area contributed by atoms with E-state index in [9.17, 15) is 10.5 Å². The summed E-state index contributed by atoms with van der Waals surface area (Å²) in [6.07, 6.45) is 9.91. The summed E-state index contributed by atoms with van der Waals surface area (Å²) in [6, 6.07) is 34.4. The number of benzene rings is 4. The minimum atomic E-state index is 0.0952. The molecule has 40 heavy (non-hydrogen) atoms. The molecule has 4 heteroatoms. The largest absolute Gasteiger partial charge is 0.333 e. The SMILES string of the molecule is C=C/C=C(C#N)\C(=C\C#N)n1c2c(c3c4ccccc4ccc31)CC(n1c3ccccc3c3ccccc31)C=C2. The van der Waals surface area contributed by atoms with Crippen molar-refractivity contribution in [3.8, 4) is 12.1 Å². The molecule has 1 atom stereocenters. The van der Waals surface area contributed by atoms with E-state index in [2.05, 4.69) is 125 Å². The van der Waals surface area contributed by atoms with Crippen molar-refractivity contribution in [2.24, 2.45) is 0 Å². The van der Waals surface area contributed by atoms with Crippen LogP contribution in [0, 0.1) is 22.7 Å². The molecule has 2 aromatic heterocycles. The van der Waals surface area contributed by atoms with Gasteiger partial charge in [-0.15, -0.1) is 0 Å². The van der Waals surface area contributed by atoms with Crippen molar-refractivity contribution in [3.05, 3.63) is 133 Å². The van der Waals surface area contributed by atoms with E-state index in [0.29, 0.717) is 11.3 Å². The Morgan fingerprint density at radius 1 is 0.825 bits per heavy atom. The number of hydrogen-bond acceptors (Lipinski definition) is 2. The fourth-order valence-electron chi connectivity index (χ4n) is 6.39. The van der Waals surface area contributed by atoms with Crippen molar-refractivity contribution < 1.29 is 0 Å². The van der Waals surface area contributed by atoms with Gasteiger partial charge in [-0.2, -0.15) is 10.5 Å². The van der Waals surface area contributed by atoms with Crippen LogP contribution in [-0.4, -0.2) is 9.13 Å². The van der Waals surface area contributed by atoms with Gasteiger partial charge in [0.1, 0.15) is 6.07 Å². The zero-order chi connectivity index (χ0) is 27.2. The van der Waals surface area contributed by atoms with Crippen molar-refractivity contribution in [2.45, 2.75) is 12.5 Å². The summed E-state index contributed by atoms with van der Waals surface area (Å²) in [5.74, 6) is 0. The number of fused-ring (bicyclic) bond motifs is 8. The number of aromatic nitrogens is 2. The molecular weight excluding hydrogens is 488 g/mol. The second-order valence-electron chi connectivity index (χ2n) is 10.0. The summed E-state index contributed by atoms with van der Waals surface area (Å²) < 4.78 is 4.51. The summed E-state index contributed by atoms with van der Waals surface area (Å²) in [5.41, 5.74) is 6.54. The van der Waals surface area contributed by atoms with Crippen LogP contribution >= 0.6 is 0 Å². The molecule has 2 heterocycles. The maximum Gasteiger partial charge on any atom is 0.101 e. The number of hydrogen-bond donors (Lipinski definition) is 0. The fourth-order valence-corrected chi connectivity index (χ4v) is 6.39. The van der Waals surface area contributed by atoms with Crippen LogP contribution in [0.5, 0.6) is 0 Å². The second kappa shape index (κ2) is 9.31. The Kier molecular flexibility index (Phi) is 5.48. The molecule has 7 rings (SSSR count). The van der Waals surface area contributed by atoms with Gasteiger partial charge >= 0.3 is 0 Å². The second-order valence-corrected chi connectivity index (χ2v) is 10.0. The third-order valence-corrected chi connectivity index (χ3v) is 7.96. The first-order valence-corrected chi connectivity index (χ1v) is 13.3. The Balaban J connectivity index is 1.54. The van der Waals surface area contributed by atoms with Crippen molar-refractivity contribution >= 4 is 55.3 Å². The average Bonchev–Trinajstić information content (AvgIpc) is 3.51. The maximum absolute atomic E-state index is 10.0. The zero-order valence-electron chi connectivity index (χ0n) is 21.8. The number of allylic oxidation sites excluding steroid dienone is 6. The molecule has 0 bridgehead atoms. The molecule has 0 amide bonds. The Bertz CT molecular complexity index is 2130. The van der Waals surface area contributed by atoms with Gasteiger partial charge in [0, 0.05) is 39.0 Å². The molecule has 6 aromatic rings. The highest BCUT2D eigenvalue weighted by atomic mass is 15.0. The summed E-state index contributed by atoms with van der Waals surface area (Å²) >= 11 is 0. The minimum Gasteiger partial charge on any atom is -0.333 e. The molecule has 0 fully saturated rings. The fraction of sp³-hybridized carbons (Fsp3) is 0.0556. The molecule has 188 valence electrons. The molecule has 0 spiro atoms.